The first-order chi connectivity index (χ1) is 11.5. The van der Waals surface area contributed by atoms with Gasteiger partial charge < -0.3 is 21.1 Å². The number of hydrogen-bond donors (Lipinski definition) is 4. The van der Waals surface area contributed by atoms with Crippen molar-refractivity contribution in [1.29, 1.82) is 0 Å². The lowest BCUT2D eigenvalue weighted by Gasteiger charge is -2.28. The molecule has 0 aromatic heterocycles. The zero-order valence-electron chi connectivity index (χ0n) is 13.0. The number of carbonyl (C=O) groups excluding carboxylic acids is 2. The average molecular weight is 338 g/mol. The van der Waals surface area contributed by atoms with Gasteiger partial charge in [-0.3, -0.25) is 9.69 Å². The van der Waals surface area contributed by atoms with E-state index in [9.17, 15) is 18.8 Å². The lowest BCUT2D eigenvalue weighted by molar-refractivity contribution is -0.137. The van der Waals surface area contributed by atoms with Crippen LogP contribution in [0.5, 0.6) is 0 Å². The van der Waals surface area contributed by atoms with Gasteiger partial charge >= 0.3 is 18.0 Å². The lowest BCUT2D eigenvalue weighted by atomic mass is 10.2. The predicted molar refractivity (Wildman–Crippen MR) is 85.7 cm³/mol. The highest BCUT2D eigenvalue weighted by atomic mass is 19.1. The molecule has 1 heterocycles. The molecule has 0 radical (unpaired) electrons. The summed E-state index contributed by atoms with van der Waals surface area (Å²) in [4.78, 5) is 35.2. The number of amides is 4. The van der Waals surface area contributed by atoms with Crippen LogP contribution in [0.4, 0.5) is 25.4 Å². The van der Waals surface area contributed by atoms with E-state index in [0.29, 0.717) is 31.6 Å². The van der Waals surface area contributed by atoms with E-state index >= 15 is 0 Å². The van der Waals surface area contributed by atoms with Gasteiger partial charge in [-0.2, -0.15) is 0 Å². The summed E-state index contributed by atoms with van der Waals surface area (Å²) in [5.74, 6) is -1.49. The SMILES string of the molecule is O=C(O)CCCNC(=O)Nc1ccc(F)c(N2CCCNC2=O)c1. The quantitative estimate of drug-likeness (QED) is 0.592. The highest BCUT2D eigenvalue weighted by Crippen LogP contribution is 2.25. The fourth-order valence-electron chi connectivity index (χ4n) is 2.27. The molecule has 0 bridgehead atoms. The first kappa shape index (κ1) is 17.5. The fourth-order valence-corrected chi connectivity index (χ4v) is 2.27. The van der Waals surface area contributed by atoms with Crippen molar-refractivity contribution in [3.05, 3.63) is 24.0 Å². The van der Waals surface area contributed by atoms with Gasteiger partial charge in [0.25, 0.3) is 0 Å². The maximum atomic E-state index is 14.0. The molecule has 0 saturated carbocycles. The van der Waals surface area contributed by atoms with Crippen LogP contribution in [-0.2, 0) is 4.79 Å². The zero-order valence-corrected chi connectivity index (χ0v) is 13.0. The second-order valence-electron chi connectivity index (χ2n) is 5.28. The van der Waals surface area contributed by atoms with E-state index in [2.05, 4.69) is 16.0 Å². The largest absolute Gasteiger partial charge is 0.481 e. The van der Waals surface area contributed by atoms with Gasteiger partial charge in [-0.1, -0.05) is 0 Å². The number of carboxylic acids is 1. The van der Waals surface area contributed by atoms with Crippen LogP contribution in [-0.4, -0.2) is 42.8 Å². The van der Waals surface area contributed by atoms with E-state index in [-0.39, 0.29) is 24.7 Å². The molecule has 1 fully saturated rings. The average Bonchev–Trinajstić information content (AvgIpc) is 2.54. The molecule has 24 heavy (non-hydrogen) atoms. The van der Waals surface area contributed by atoms with Crippen LogP contribution >= 0.6 is 0 Å². The van der Waals surface area contributed by atoms with Gasteiger partial charge in [0.15, 0.2) is 0 Å². The molecule has 8 nitrogen and oxygen atoms in total. The Morgan fingerprint density at radius 3 is 2.88 bits per heavy atom. The molecule has 2 rings (SSSR count). The molecule has 4 amide bonds. The molecule has 0 aliphatic carbocycles. The van der Waals surface area contributed by atoms with E-state index in [1.54, 1.807) is 0 Å². The molecule has 1 aliphatic heterocycles. The monoisotopic (exact) mass is 338 g/mol. The van der Waals surface area contributed by atoms with Crippen molar-refractivity contribution < 1.29 is 23.9 Å². The molecule has 1 saturated heterocycles. The smallest absolute Gasteiger partial charge is 0.321 e. The zero-order chi connectivity index (χ0) is 17.5. The number of urea groups is 2. The number of nitrogens with one attached hydrogen (secondary N) is 3. The number of carbonyl (C=O) groups is 3. The maximum absolute atomic E-state index is 14.0. The molecule has 130 valence electrons. The molecule has 1 aromatic rings. The third-order valence-corrected chi connectivity index (χ3v) is 3.43. The van der Waals surface area contributed by atoms with Gasteiger partial charge in [-0.15, -0.1) is 0 Å². The Kier molecular flexibility index (Phi) is 5.94. The summed E-state index contributed by atoms with van der Waals surface area (Å²) in [6, 6.07) is 3.04. The molecule has 0 unspecified atom stereocenters. The topological polar surface area (TPSA) is 111 Å². The molecule has 0 atom stereocenters. The molecular weight excluding hydrogens is 319 g/mol. The van der Waals surface area contributed by atoms with Gasteiger partial charge in [0.2, 0.25) is 0 Å². The van der Waals surface area contributed by atoms with Crippen LogP contribution < -0.4 is 20.9 Å². The summed E-state index contributed by atoms with van der Waals surface area (Å²) in [6.45, 7) is 1.15. The first-order valence-electron chi connectivity index (χ1n) is 7.59. The Balaban J connectivity index is 1.96. The summed E-state index contributed by atoms with van der Waals surface area (Å²) in [5.41, 5.74) is 0.427. The van der Waals surface area contributed by atoms with Crippen LogP contribution in [0, 0.1) is 5.82 Å². The van der Waals surface area contributed by atoms with Crippen LogP contribution in [0.3, 0.4) is 0 Å². The van der Waals surface area contributed by atoms with Crippen molar-refractivity contribution in [1.82, 2.24) is 10.6 Å². The summed E-state index contributed by atoms with van der Waals surface area (Å²) in [6.07, 6.45) is 0.976. The van der Waals surface area contributed by atoms with Gasteiger partial charge in [0, 0.05) is 31.7 Å². The fraction of sp³-hybridized carbons (Fsp3) is 0.400. The Labute approximate surface area is 138 Å². The Hall–Kier alpha value is -2.84. The number of carboxylic acid groups (broad SMARTS) is 1. The van der Waals surface area contributed by atoms with Crippen molar-refractivity contribution in [2.45, 2.75) is 19.3 Å². The number of halogens is 1. The molecule has 1 aromatic carbocycles. The van der Waals surface area contributed by atoms with E-state index in [1.807, 2.05) is 0 Å². The third kappa shape index (κ3) is 4.83. The molecule has 1 aliphatic rings. The van der Waals surface area contributed by atoms with Gasteiger partial charge in [-0.25, -0.2) is 14.0 Å². The maximum Gasteiger partial charge on any atom is 0.321 e. The second kappa shape index (κ2) is 8.14. The van der Waals surface area contributed by atoms with Gasteiger partial charge in [0.1, 0.15) is 5.82 Å². The highest BCUT2D eigenvalue weighted by molar-refractivity contribution is 5.95. The van der Waals surface area contributed by atoms with Crippen LogP contribution in [0.1, 0.15) is 19.3 Å². The van der Waals surface area contributed by atoms with Crippen molar-refractivity contribution in [3.63, 3.8) is 0 Å². The molecule has 9 heteroatoms. The Bertz CT molecular complexity index is 638. The van der Waals surface area contributed by atoms with Crippen LogP contribution in [0.2, 0.25) is 0 Å². The number of anilines is 2. The van der Waals surface area contributed by atoms with Gasteiger partial charge in [-0.05, 0) is 31.0 Å². The van der Waals surface area contributed by atoms with Crippen molar-refractivity contribution in [2.75, 3.05) is 29.9 Å². The standard InChI is InChI=1S/C15H19FN4O4/c16-11-5-4-10(19-14(23)17-6-1-3-13(21)22)9-12(11)20-8-2-7-18-15(20)24/h4-5,9H,1-3,6-8H2,(H,18,24)(H,21,22)(H2,17,19,23). The minimum atomic E-state index is -0.930. The van der Waals surface area contributed by atoms with Crippen molar-refractivity contribution in [2.24, 2.45) is 0 Å². The van der Waals surface area contributed by atoms with E-state index in [0.717, 1.165) is 0 Å². The molecule has 4 N–H and O–H groups in total. The third-order valence-electron chi connectivity index (χ3n) is 3.43. The van der Waals surface area contributed by atoms with Crippen LogP contribution in [0.25, 0.3) is 0 Å². The van der Waals surface area contributed by atoms with Crippen molar-refractivity contribution >= 4 is 29.4 Å². The normalized spacial score (nSPS) is 14.0. The molecular formula is C15H19FN4O4. The van der Waals surface area contributed by atoms with Crippen molar-refractivity contribution in [3.8, 4) is 0 Å². The second-order valence-corrected chi connectivity index (χ2v) is 5.28. The van der Waals surface area contributed by atoms with E-state index < -0.39 is 17.8 Å². The van der Waals surface area contributed by atoms with Gasteiger partial charge in [0.05, 0.1) is 5.69 Å². The summed E-state index contributed by atoms with van der Waals surface area (Å²) in [7, 11) is 0. The molecule has 0 spiro atoms. The number of rotatable bonds is 6. The number of nitrogens with zero attached hydrogens (tertiary/aromatic N) is 1. The minimum absolute atomic E-state index is 0.0367. The summed E-state index contributed by atoms with van der Waals surface area (Å²) < 4.78 is 14.0. The predicted octanol–water partition coefficient (Wildman–Crippen LogP) is 1.73. The number of hydrogen-bond acceptors (Lipinski definition) is 3. The van der Waals surface area contributed by atoms with E-state index in [4.69, 9.17) is 5.11 Å². The Morgan fingerprint density at radius 2 is 2.17 bits per heavy atom. The highest BCUT2D eigenvalue weighted by Gasteiger charge is 2.22. The first-order valence-corrected chi connectivity index (χ1v) is 7.59. The lowest BCUT2D eigenvalue weighted by Crippen LogP contribution is -2.46. The Morgan fingerprint density at radius 1 is 1.38 bits per heavy atom. The van der Waals surface area contributed by atoms with Crippen LogP contribution in [0.15, 0.2) is 18.2 Å². The summed E-state index contributed by atoms with van der Waals surface area (Å²) in [5, 5.41) is 16.2. The number of benzene rings is 1. The minimum Gasteiger partial charge on any atom is -0.481 e. The number of aliphatic carboxylic acids is 1. The summed E-state index contributed by atoms with van der Waals surface area (Å²) >= 11 is 0. The van der Waals surface area contributed by atoms with E-state index in [1.165, 1.54) is 23.1 Å².